The van der Waals surface area contributed by atoms with Crippen LogP contribution >= 0.6 is 0 Å². The Balaban J connectivity index is 1.55. The molecule has 1 atom stereocenters. The van der Waals surface area contributed by atoms with E-state index in [1.807, 2.05) is 55.5 Å². The molecule has 1 heterocycles. The number of anilines is 1. The highest BCUT2D eigenvalue weighted by atomic mass is 16.5. The summed E-state index contributed by atoms with van der Waals surface area (Å²) in [7, 11) is 1.62. The summed E-state index contributed by atoms with van der Waals surface area (Å²) in [6.07, 6.45) is 3.85. The normalized spacial score (nSPS) is 15.4. The van der Waals surface area contributed by atoms with Crippen molar-refractivity contribution in [1.29, 1.82) is 0 Å². The van der Waals surface area contributed by atoms with Gasteiger partial charge in [-0.1, -0.05) is 36.8 Å². The van der Waals surface area contributed by atoms with Gasteiger partial charge in [0.2, 0.25) is 0 Å². The van der Waals surface area contributed by atoms with Gasteiger partial charge in [0.1, 0.15) is 6.61 Å². The van der Waals surface area contributed by atoms with Crippen LogP contribution in [0.1, 0.15) is 37.8 Å². The number of carbonyl (C=O) groups excluding carboxylic acids is 1. The van der Waals surface area contributed by atoms with E-state index >= 15 is 0 Å². The van der Waals surface area contributed by atoms with Gasteiger partial charge in [0.25, 0.3) is 0 Å². The number of hydrogen-bond donors (Lipinski definition) is 2. The highest BCUT2D eigenvalue weighted by molar-refractivity contribution is 5.89. The lowest BCUT2D eigenvalue weighted by Gasteiger charge is -2.26. The van der Waals surface area contributed by atoms with Crippen LogP contribution in [-0.2, 0) is 0 Å². The molecule has 0 spiro atoms. The Bertz CT molecular complexity index is 776. The molecule has 0 radical (unpaired) electrons. The van der Waals surface area contributed by atoms with E-state index in [4.69, 9.17) is 9.47 Å². The average molecular weight is 398 g/mol. The van der Waals surface area contributed by atoms with E-state index in [9.17, 15) is 4.79 Å². The summed E-state index contributed by atoms with van der Waals surface area (Å²) in [5.74, 6) is 1.30. The van der Waals surface area contributed by atoms with Crippen molar-refractivity contribution in [2.45, 2.75) is 32.2 Å². The fraction of sp³-hybridized carbons (Fsp3) is 0.435. The molecule has 1 fully saturated rings. The fourth-order valence-corrected chi connectivity index (χ4v) is 3.52. The lowest BCUT2D eigenvalue weighted by Crippen LogP contribution is -2.33. The molecular formula is C23H31N3O3. The molecule has 156 valence electrons. The number of urea groups is 1. The van der Waals surface area contributed by atoms with E-state index in [1.165, 1.54) is 19.3 Å². The van der Waals surface area contributed by atoms with Crippen molar-refractivity contribution in [2.24, 2.45) is 0 Å². The number of methoxy groups -OCH3 is 1. The second-order valence-electron chi connectivity index (χ2n) is 7.35. The first-order valence-electron chi connectivity index (χ1n) is 10.3. The number of rotatable bonds is 8. The Morgan fingerprint density at radius 3 is 2.55 bits per heavy atom. The average Bonchev–Trinajstić information content (AvgIpc) is 2.75. The monoisotopic (exact) mass is 397 g/mol. The van der Waals surface area contributed by atoms with Crippen LogP contribution in [-0.4, -0.2) is 44.3 Å². The number of piperidine rings is 1. The SMILES string of the molecule is COc1ccc(NC(=O)N[C@@H](C)c2ccccc2)cc1OCCN1CCCCC1. The van der Waals surface area contributed by atoms with Crippen molar-refractivity contribution in [2.75, 3.05) is 38.7 Å². The van der Waals surface area contributed by atoms with Crippen molar-refractivity contribution in [3.63, 3.8) is 0 Å². The minimum atomic E-state index is -0.259. The number of ether oxygens (including phenoxy) is 2. The maximum atomic E-state index is 12.4. The molecule has 3 rings (SSSR count). The number of nitrogens with one attached hydrogen (secondary N) is 2. The Morgan fingerprint density at radius 1 is 1.07 bits per heavy atom. The van der Waals surface area contributed by atoms with Crippen LogP contribution in [0.3, 0.4) is 0 Å². The van der Waals surface area contributed by atoms with E-state index in [2.05, 4.69) is 15.5 Å². The Labute approximate surface area is 173 Å². The maximum Gasteiger partial charge on any atom is 0.319 e. The summed E-state index contributed by atoms with van der Waals surface area (Å²) in [5, 5.41) is 5.83. The summed E-state index contributed by atoms with van der Waals surface area (Å²) in [4.78, 5) is 14.8. The van der Waals surface area contributed by atoms with Gasteiger partial charge in [-0.25, -0.2) is 4.79 Å². The van der Waals surface area contributed by atoms with Crippen molar-refractivity contribution in [3.05, 3.63) is 54.1 Å². The molecule has 2 amide bonds. The number of amides is 2. The van der Waals surface area contributed by atoms with Crippen LogP contribution in [0.25, 0.3) is 0 Å². The largest absolute Gasteiger partial charge is 0.493 e. The molecule has 6 nitrogen and oxygen atoms in total. The van der Waals surface area contributed by atoms with Gasteiger partial charge in [0.15, 0.2) is 11.5 Å². The van der Waals surface area contributed by atoms with Crippen molar-refractivity contribution in [3.8, 4) is 11.5 Å². The van der Waals surface area contributed by atoms with Crippen molar-refractivity contribution < 1.29 is 14.3 Å². The van der Waals surface area contributed by atoms with Crippen LogP contribution in [0.2, 0.25) is 0 Å². The molecular weight excluding hydrogens is 366 g/mol. The second kappa shape index (κ2) is 10.7. The molecule has 0 saturated carbocycles. The third kappa shape index (κ3) is 6.39. The molecule has 6 heteroatoms. The van der Waals surface area contributed by atoms with Crippen molar-refractivity contribution in [1.82, 2.24) is 10.2 Å². The smallest absolute Gasteiger partial charge is 0.319 e. The summed E-state index contributed by atoms with van der Waals surface area (Å²) >= 11 is 0. The van der Waals surface area contributed by atoms with Crippen LogP contribution in [0.15, 0.2) is 48.5 Å². The molecule has 0 aliphatic carbocycles. The topological polar surface area (TPSA) is 62.8 Å². The Hall–Kier alpha value is -2.73. The second-order valence-corrected chi connectivity index (χ2v) is 7.35. The first-order valence-corrected chi connectivity index (χ1v) is 10.3. The van der Waals surface area contributed by atoms with Gasteiger partial charge < -0.3 is 20.1 Å². The van der Waals surface area contributed by atoms with Gasteiger partial charge in [-0.3, -0.25) is 4.90 Å². The third-order valence-electron chi connectivity index (χ3n) is 5.18. The summed E-state index contributed by atoms with van der Waals surface area (Å²) in [5.41, 5.74) is 1.72. The van der Waals surface area contributed by atoms with Gasteiger partial charge in [0, 0.05) is 18.3 Å². The van der Waals surface area contributed by atoms with Gasteiger partial charge in [-0.15, -0.1) is 0 Å². The first kappa shape index (κ1) is 21.0. The number of carbonyl (C=O) groups is 1. The van der Waals surface area contributed by atoms with E-state index in [0.717, 1.165) is 25.2 Å². The predicted octanol–water partition coefficient (Wildman–Crippen LogP) is 4.44. The van der Waals surface area contributed by atoms with Gasteiger partial charge >= 0.3 is 6.03 Å². The lowest BCUT2D eigenvalue weighted by molar-refractivity contribution is 0.180. The van der Waals surface area contributed by atoms with Crippen molar-refractivity contribution >= 4 is 11.7 Å². The molecule has 1 aliphatic heterocycles. The standard InChI is InChI=1S/C23H31N3O3/c1-18(19-9-5-3-6-10-19)24-23(27)25-20-11-12-21(28-2)22(17-20)29-16-15-26-13-7-4-8-14-26/h3,5-6,9-12,17-18H,4,7-8,13-16H2,1-2H3,(H2,24,25,27)/t18-/m0/s1. The molecule has 29 heavy (non-hydrogen) atoms. The molecule has 1 saturated heterocycles. The van der Waals surface area contributed by atoms with Crippen LogP contribution < -0.4 is 20.1 Å². The van der Waals surface area contributed by atoms with Gasteiger partial charge in [-0.2, -0.15) is 0 Å². The zero-order chi connectivity index (χ0) is 20.5. The number of likely N-dealkylation sites (tertiary alicyclic amines) is 1. The lowest BCUT2D eigenvalue weighted by atomic mass is 10.1. The summed E-state index contributed by atoms with van der Waals surface area (Å²) < 4.78 is 11.4. The summed E-state index contributed by atoms with van der Waals surface area (Å²) in [6.45, 7) is 5.73. The molecule has 2 aromatic rings. The highest BCUT2D eigenvalue weighted by Crippen LogP contribution is 2.30. The van der Waals surface area contributed by atoms with Crippen LogP contribution in [0.5, 0.6) is 11.5 Å². The maximum absolute atomic E-state index is 12.4. The fourth-order valence-electron chi connectivity index (χ4n) is 3.52. The molecule has 0 unspecified atom stereocenters. The van der Waals surface area contributed by atoms with E-state index < -0.39 is 0 Å². The first-order chi connectivity index (χ1) is 14.2. The van der Waals surface area contributed by atoms with E-state index in [-0.39, 0.29) is 12.1 Å². The molecule has 2 N–H and O–H groups in total. The Morgan fingerprint density at radius 2 is 1.83 bits per heavy atom. The molecule has 1 aliphatic rings. The highest BCUT2D eigenvalue weighted by Gasteiger charge is 2.13. The predicted molar refractivity (Wildman–Crippen MR) is 116 cm³/mol. The molecule has 2 aromatic carbocycles. The molecule has 0 bridgehead atoms. The minimum Gasteiger partial charge on any atom is -0.493 e. The number of nitrogens with zero attached hydrogens (tertiary/aromatic N) is 1. The van der Waals surface area contributed by atoms with Gasteiger partial charge in [-0.05, 0) is 50.6 Å². The number of hydrogen-bond acceptors (Lipinski definition) is 4. The number of benzene rings is 2. The summed E-state index contributed by atoms with van der Waals surface area (Å²) in [6, 6.07) is 14.9. The van der Waals surface area contributed by atoms with Crippen LogP contribution in [0, 0.1) is 0 Å². The molecule has 0 aromatic heterocycles. The third-order valence-corrected chi connectivity index (χ3v) is 5.18. The zero-order valence-corrected chi connectivity index (χ0v) is 17.3. The zero-order valence-electron chi connectivity index (χ0n) is 17.3. The van der Waals surface area contributed by atoms with Gasteiger partial charge in [0.05, 0.1) is 13.2 Å². The van der Waals surface area contributed by atoms with E-state index in [1.54, 1.807) is 7.11 Å². The Kier molecular flexibility index (Phi) is 7.76. The van der Waals surface area contributed by atoms with E-state index in [0.29, 0.717) is 23.8 Å². The quantitative estimate of drug-likeness (QED) is 0.691. The minimum absolute atomic E-state index is 0.0882. The van der Waals surface area contributed by atoms with Crippen LogP contribution in [0.4, 0.5) is 10.5 Å².